The lowest BCUT2D eigenvalue weighted by Crippen LogP contribution is -2.46. The fourth-order valence-corrected chi connectivity index (χ4v) is 2.55. The second kappa shape index (κ2) is 3.78. The van der Waals surface area contributed by atoms with Gasteiger partial charge in [0.1, 0.15) is 0 Å². The maximum absolute atomic E-state index is 6.21. The lowest BCUT2D eigenvalue weighted by molar-refractivity contribution is 0.0958. The van der Waals surface area contributed by atoms with Crippen molar-refractivity contribution in [2.24, 2.45) is 5.92 Å². The minimum absolute atomic E-state index is 0.262. The van der Waals surface area contributed by atoms with Crippen molar-refractivity contribution in [3.8, 4) is 0 Å². The Labute approximate surface area is 87.4 Å². The molecule has 1 fully saturated rings. The molecule has 0 aromatic rings. The number of rotatable bonds is 1. The molecule has 2 atom stereocenters. The van der Waals surface area contributed by atoms with E-state index in [2.05, 4.69) is 39.5 Å². The molecule has 1 rings (SSSR count). The Kier molecular flexibility index (Phi) is 3.29. The van der Waals surface area contributed by atoms with Gasteiger partial charge in [-0.1, -0.05) is 13.8 Å². The summed E-state index contributed by atoms with van der Waals surface area (Å²) in [6, 6.07) is 0.669. The molecule has 0 radical (unpaired) electrons. The monoisotopic (exact) mass is 203 g/mol. The predicted octanol–water partition coefficient (Wildman–Crippen LogP) is 3.12. The van der Waals surface area contributed by atoms with Gasteiger partial charge in [-0.05, 0) is 33.1 Å². The van der Waals surface area contributed by atoms with Gasteiger partial charge in [0, 0.05) is 23.5 Å². The van der Waals surface area contributed by atoms with E-state index in [1.165, 1.54) is 0 Å². The molecule has 0 aromatic carbocycles. The summed E-state index contributed by atoms with van der Waals surface area (Å²) in [5, 5.41) is 0.353. The topological polar surface area (TPSA) is 3.24 Å². The maximum Gasteiger partial charge on any atom is 0.0478 e. The van der Waals surface area contributed by atoms with Crippen LogP contribution in [0.4, 0.5) is 0 Å². The highest BCUT2D eigenvalue weighted by atomic mass is 35.5. The Morgan fingerprint density at radius 2 is 1.85 bits per heavy atom. The summed E-state index contributed by atoms with van der Waals surface area (Å²) in [5.74, 6) is 0.711. The van der Waals surface area contributed by atoms with Gasteiger partial charge in [-0.2, -0.15) is 0 Å². The highest BCUT2D eigenvalue weighted by Crippen LogP contribution is 2.32. The van der Waals surface area contributed by atoms with Crippen molar-refractivity contribution in [3.05, 3.63) is 0 Å². The van der Waals surface area contributed by atoms with Crippen LogP contribution in [0.15, 0.2) is 0 Å². The van der Waals surface area contributed by atoms with Crippen molar-refractivity contribution in [2.45, 2.75) is 58.0 Å². The van der Waals surface area contributed by atoms with E-state index in [-0.39, 0.29) is 5.54 Å². The molecule has 2 heteroatoms. The molecular weight excluding hydrogens is 182 g/mol. The Hall–Kier alpha value is 0.250. The highest BCUT2D eigenvalue weighted by molar-refractivity contribution is 6.21. The lowest BCUT2D eigenvalue weighted by atomic mass is 9.97. The number of nitrogens with zero attached hydrogens (tertiary/aromatic N) is 1. The molecule has 0 spiro atoms. The zero-order valence-corrected chi connectivity index (χ0v) is 10.2. The molecule has 1 heterocycles. The summed E-state index contributed by atoms with van der Waals surface area (Å²) in [7, 11) is 0. The van der Waals surface area contributed by atoms with Gasteiger partial charge in [0.2, 0.25) is 0 Å². The van der Waals surface area contributed by atoms with E-state index in [4.69, 9.17) is 11.6 Å². The second-order valence-electron chi connectivity index (χ2n) is 5.47. The molecule has 0 bridgehead atoms. The molecule has 0 N–H and O–H groups in total. The number of halogens is 1. The number of likely N-dealkylation sites (tertiary alicyclic amines) is 1. The van der Waals surface area contributed by atoms with Crippen LogP contribution < -0.4 is 0 Å². The average molecular weight is 204 g/mol. The van der Waals surface area contributed by atoms with Gasteiger partial charge in [-0.25, -0.2) is 0 Å². The molecule has 0 aromatic heterocycles. The van der Waals surface area contributed by atoms with Crippen LogP contribution in [0.1, 0.15) is 41.0 Å². The van der Waals surface area contributed by atoms with Crippen molar-refractivity contribution < 1.29 is 0 Å². The zero-order chi connectivity index (χ0) is 10.2. The van der Waals surface area contributed by atoms with Crippen LogP contribution in [0, 0.1) is 5.92 Å². The third-order valence-electron chi connectivity index (χ3n) is 2.92. The molecule has 0 aliphatic carbocycles. The molecule has 1 saturated heterocycles. The summed E-state index contributed by atoms with van der Waals surface area (Å²) in [6.45, 7) is 12.5. The van der Waals surface area contributed by atoms with Crippen LogP contribution in [-0.4, -0.2) is 28.4 Å². The van der Waals surface area contributed by atoms with E-state index in [1.807, 2.05) is 0 Å². The number of hydrogen-bond donors (Lipinski definition) is 0. The van der Waals surface area contributed by atoms with Gasteiger partial charge < -0.3 is 0 Å². The van der Waals surface area contributed by atoms with E-state index in [0.29, 0.717) is 17.3 Å². The van der Waals surface area contributed by atoms with E-state index in [1.54, 1.807) is 0 Å². The number of hydrogen-bond acceptors (Lipinski definition) is 1. The normalized spacial score (nSPS) is 31.6. The summed E-state index contributed by atoms with van der Waals surface area (Å²) < 4.78 is 0. The van der Waals surface area contributed by atoms with Crippen LogP contribution in [0.25, 0.3) is 0 Å². The van der Waals surface area contributed by atoms with Crippen molar-refractivity contribution in [3.63, 3.8) is 0 Å². The SMILES string of the molecule is CC(C)C1CC(Cl)CN1C(C)(C)C. The molecular formula is C11H22ClN. The second-order valence-corrected chi connectivity index (χ2v) is 6.08. The van der Waals surface area contributed by atoms with Gasteiger partial charge in [-0.3, -0.25) is 4.90 Å². The van der Waals surface area contributed by atoms with Crippen molar-refractivity contribution >= 4 is 11.6 Å². The van der Waals surface area contributed by atoms with Crippen molar-refractivity contribution in [1.82, 2.24) is 4.90 Å². The average Bonchev–Trinajstić information content (AvgIpc) is 2.29. The van der Waals surface area contributed by atoms with Gasteiger partial charge in [0.15, 0.2) is 0 Å². The van der Waals surface area contributed by atoms with Crippen LogP contribution in [0.2, 0.25) is 0 Å². The first-order valence-corrected chi connectivity index (χ1v) is 5.67. The summed E-state index contributed by atoms with van der Waals surface area (Å²) >= 11 is 6.21. The minimum atomic E-state index is 0.262. The Balaban J connectivity index is 2.72. The Morgan fingerprint density at radius 1 is 1.31 bits per heavy atom. The van der Waals surface area contributed by atoms with Crippen LogP contribution in [0.5, 0.6) is 0 Å². The standard InChI is InChI=1S/C11H22ClN/c1-8(2)10-6-9(12)7-13(10)11(3,4)5/h8-10H,6-7H2,1-5H3. The smallest absolute Gasteiger partial charge is 0.0478 e. The summed E-state index contributed by atoms with van der Waals surface area (Å²) in [4.78, 5) is 2.55. The lowest BCUT2D eigenvalue weighted by Gasteiger charge is -2.38. The van der Waals surface area contributed by atoms with Gasteiger partial charge in [0.05, 0.1) is 0 Å². The van der Waals surface area contributed by atoms with Crippen molar-refractivity contribution in [2.75, 3.05) is 6.54 Å². The molecule has 2 unspecified atom stereocenters. The van der Waals surface area contributed by atoms with Crippen molar-refractivity contribution in [1.29, 1.82) is 0 Å². The molecule has 1 aliphatic heterocycles. The molecule has 1 aliphatic rings. The van der Waals surface area contributed by atoms with E-state index in [9.17, 15) is 0 Å². The van der Waals surface area contributed by atoms with Crippen LogP contribution in [-0.2, 0) is 0 Å². The van der Waals surface area contributed by atoms with Gasteiger partial charge in [0.25, 0.3) is 0 Å². The first kappa shape index (κ1) is 11.3. The van der Waals surface area contributed by atoms with Gasteiger partial charge in [-0.15, -0.1) is 11.6 Å². The molecule has 0 saturated carbocycles. The van der Waals surface area contributed by atoms with E-state index in [0.717, 1.165) is 13.0 Å². The summed E-state index contributed by atoms with van der Waals surface area (Å²) in [6.07, 6.45) is 1.15. The first-order valence-electron chi connectivity index (χ1n) is 5.23. The first-order chi connectivity index (χ1) is 5.82. The fourth-order valence-electron chi connectivity index (χ4n) is 2.22. The molecule has 0 amide bonds. The highest BCUT2D eigenvalue weighted by Gasteiger charge is 2.38. The number of alkyl halides is 1. The quantitative estimate of drug-likeness (QED) is 0.592. The van der Waals surface area contributed by atoms with Crippen LogP contribution >= 0.6 is 11.6 Å². The van der Waals surface area contributed by atoms with E-state index >= 15 is 0 Å². The largest absolute Gasteiger partial charge is 0.294 e. The third-order valence-corrected chi connectivity index (χ3v) is 3.24. The van der Waals surface area contributed by atoms with E-state index < -0.39 is 0 Å². The molecule has 1 nitrogen and oxygen atoms in total. The Morgan fingerprint density at radius 3 is 2.15 bits per heavy atom. The minimum Gasteiger partial charge on any atom is -0.294 e. The maximum atomic E-state index is 6.21. The summed E-state index contributed by atoms with van der Waals surface area (Å²) in [5.41, 5.74) is 0.262. The zero-order valence-electron chi connectivity index (χ0n) is 9.47. The Bertz CT molecular complexity index is 171. The third kappa shape index (κ3) is 2.60. The molecule has 13 heavy (non-hydrogen) atoms. The van der Waals surface area contributed by atoms with Gasteiger partial charge >= 0.3 is 0 Å². The fraction of sp³-hybridized carbons (Fsp3) is 1.00. The molecule has 78 valence electrons. The predicted molar refractivity (Wildman–Crippen MR) is 59.3 cm³/mol. The van der Waals surface area contributed by atoms with Crippen LogP contribution in [0.3, 0.4) is 0 Å².